The fraction of sp³-hybridized carbons (Fsp3) is 0.192. The summed E-state index contributed by atoms with van der Waals surface area (Å²) in [5, 5.41) is 0.508. The van der Waals surface area contributed by atoms with Gasteiger partial charge in [0.25, 0.3) is 10.0 Å². The van der Waals surface area contributed by atoms with Crippen molar-refractivity contribution >= 4 is 27.4 Å². The lowest BCUT2D eigenvalue weighted by molar-refractivity contribution is 0.103. The molecule has 1 aliphatic heterocycles. The lowest BCUT2D eigenvalue weighted by Crippen LogP contribution is -2.50. The SMILES string of the molecule is CC[C@H]1/C(=C\C(=O)c2ccccc2)N(S(=O)(=O)c2ccc(C)cc2)[C@@H]1c1ccccc1Cl. The van der Waals surface area contributed by atoms with Gasteiger partial charge >= 0.3 is 0 Å². The fourth-order valence-corrected chi connectivity index (χ4v) is 6.14. The average Bonchev–Trinajstić information content (AvgIpc) is 2.78. The van der Waals surface area contributed by atoms with Crippen molar-refractivity contribution in [2.75, 3.05) is 0 Å². The molecule has 0 aromatic heterocycles. The van der Waals surface area contributed by atoms with E-state index < -0.39 is 16.1 Å². The number of allylic oxidation sites excluding steroid dienone is 1. The maximum Gasteiger partial charge on any atom is 0.264 e. The largest absolute Gasteiger partial charge is 0.289 e. The lowest BCUT2D eigenvalue weighted by Gasteiger charge is -2.50. The normalized spacial score (nSPS) is 19.6. The first kappa shape index (κ1) is 22.3. The summed E-state index contributed by atoms with van der Waals surface area (Å²) in [6.07, 6.45) is 2.13. The Kier molecular flexibility index (Phi) is 6.22. The van der Waals surface area contributed by atoms with Crippen molar-refractivity contribution in [1.29, 1.82) is 0 Å². The Labute approximate surface area is 194 Å². The first-order valence-electron chi connectivity index (χ1n) is 10.5. The molecule has 0 unspecified atom stereocenters. The molecule has 1 saturated heterocycles. The number of rotatable bonds is 6. The number of aryl methyl sites for hydroxylation is 1. The Balaban J connectivity index is 1.84. The predicted molar refractivity (Wildman–Crippen MR) is 127 cm³/mol. The third kappa shape index (κ3) is 3.98. The molecule has 0 radical (unpaired) electrons. The van der Waals surface area contributed by atoms with Gasteiger partial charge in [0.15, 0.2) is 5.78 Å². The molecule has 3 aromatic carbocycles. The van der Waals surface area contributed by atoms with Crippen molar-refractivity contribution in [2.45, 2.75) is 31.2 Å². The Morgan fingerprint density at radius 1 is 0.969 bits per heavy atom. The first-order valence-corrected chi connectivity index (χ1v) is 12.3. The molecule has 4 rings (SSSR count). The van der Waals surface area contributed by atoms with E-state index in [1.54, 1.807) is 54.6 Å². The van der Waals surface area contributed by atoms with Gasteiger partial charge in [-0.1, -0.05) is 84.8 Å². The van der Waals surface area contributed by atoms with Gasteiger partial charge in [0, 0.05) is 28.3 Å². The molecule has 6 heteroatoms. The van der Waals surface area contributed by atoms with Crippen LogP contribution in [0.5, 0.6) is 0 Å². The van der Waals surface area contributed by atoms with Crippen LogP contribution in [0.25, 0.3) is 0 Å². The molecular weight excluding hydrogens is 442 g/mol. The summed E-state index contributed by atoms with van der Waals surface area (Å²) in [7, 11) is -3.90. The second-order valence-electron chi connectivity index (χ2n) is 7.89. The number of hydrogen-bond donors (Lipinski definition) is 0. The van der Waals surface area contributed by atoms with Crippen molar-refractivity contribution < 1.29 is 13.2 Å². The maximum atomic E-state index is 13.7. The standard InChI is InChI=1S/C26H24ClNO3S/c1-3-21-24(17-25(29)19-9-5-4-6-10-19)28(26(21)22-11-7-8-12-23(22)27)32(30,31)20-15-13-18(2)14-16-20/h4-17,21,26H,3H2,1-2H3/b24-17+/t21-,26-/m0/s1. The molecule has 0 aliphatic carbocycles. The molecule has 4 nitrogen and oxygen atoms in total. The smallest absolute Gasteiger partial charge is 0.264 e. The molecule has 1 heterocycles. The first-order chi connectivity index (χ1) is 15.3. The van der Waals surface area contributed by atoms with E-state index >= 15 is 0 Å². The van der Waals surface area contributed by atoms with Crippen LogP contribution in [-0.4, -0.2) is 18.5 Å². The molecule has 1 fully saturated rings. The van der Waals surface area contributed by atoms with Crippen molar-refractivity contribution in [2.24, 2.45) is 5.92 Å². The van der Waals surface area contributed by atoms with Crippen LogP contribution in [0.3, 0.4) is 0 Å². The van der Waals surface area contributed by atoms with Crippen molar-refractivity contribution in [1.82, 2.24) is 4.31 Å². The van der Waals surface area contributed by atoms with Crippen LogP contribution in [0.15, 0.2) is 95.5 Å². The maximum absolute atomic E-state index is 13.7. The fourth-order valence-electron chi connectivity index (χ4n) is 4.16. The highest BCUT2D eigenvalue weighted by atomic mass is 35.5. The minimum Gasteiger partial charge on any atom is -0.289 e. The van der Waals surface area contributed by atoms with Gasteiger partial charge in [0.05, 0.1) is 10.9 Å². The zero-order valence-electron chi connectivity index (χ0n) is 17.9. The molecular formula is C26H24ClNO3S. The number of carbonyl (C=O) groups is 1. The number of halogens is 1. The molecule has 0 N–H and O–H groups in total. The van der Waals surface area contributed by atoms with Crippen molar-refractivity contribution in [3.05, 3.63) is 112 Å². The van der Waals surface area contributed by atoms with Gasteiger partial charge in [-0.3, -0.25) is 9.10 Å². The zero-order chi connectivity index (χ0) is 22.9. The Hall–Kier alpha value is -2.89. The molecule has 0 spiro atoms. The van der Waals surface area contributed by atoms with E-state index in [4.69, 9.17) is 11.6 Å². The van der Waals surface area contributed by atoms with Crippen molar-refractivity contribution in [3.63, 3.8) is 0 Å². The van der Waals surface area contributed by atoms with Crippen LogP contribution < -0.4 is 0 Å². The summed E-state index contributed by atoms with van der Waals surface area (Å²) in [6, 6.07) is 22.4. The molecule has 1 aliphatic rings. The number of sulfonamides is 1. The number of hydrogen-bond acceptors (Lipinski definition) is 3. The highest BCUT2D eigenvalue weighted by Crippen LogP contribution is 2.53. The third-order valence-electron chi connectivity index (χ3n) is 5.85. The van der Waals surface area contributed by atoms with Crippen LogP contribution >= 0.6 is 11.6 Å². The highest BCUT2D eigenvalue weighted by molar-refractivity contribution is 7.89. The number of carbonyl (C=O) groups excluding carboxylic acids is 1. The van der Waals surface area contributed by atoms with Gasteiger partial charge in [-0.15, -0.1) is 0 Å². The van der Waals surface area contributed by atoms with E-state index in [9.17, 15) is 13.2 Å². The summed E-state index contributed by atoms with van der Waals surface area (Å²) in [5.41, 5.74) is 2.72. The summed E-state index contributed by atoms with van der Waals surface area (Å²) in [5.74, 6) is -0.372. The molecule has 0 amide bonds. The van der Waals surface area contributed by atoms with E-state index in [1.807, 2.05) is 38.1 Å². The van der Waals surface area contributed by atoms with E-state index in [2.05, 4.69) is 0 Å². The second-order valence-corrected chi connectivity index (χ2v) is 10.1. The van der Waals surface area contributed by atoms with Crippen LogP contribution in [-0.2, 0) is 10.0 Å². The minimum absolute atomic E-state index is 0.150. The van der Waals surface area contributed by atoms with Gasteiger partial charge < -0.3 is 0 Å². The Morgan fingerprint density at radius 2 is 1.59 bits per heavy atom. The Morgan fingerprint density at radius 3 is 2.22 bits per heavy atom. The molecule has 0 bridgehead atoms. The van der Waals surface area contributed by atoms with Crippen LogP contribution in [0.4, 0.5) is 0 Å². The highest BCUT2D eigenvalue weighted by Gasteiger charge is 2.50. The molecule has 3 aromatic rings. The molecule has 0 saturated carbocycles. The van der Waals surface area contributed by atoms with Crippen LogP contribution in [0.1, 0.15) is 40.9 Å². The number of benzene rings is 3. The quantitative estimate of drug-likeness (QED) is 0.322. The van der Waals surface area contributed by atoms with E-state index in [1.165, 1.54) is 10.4 Å². The number of nitrogens with zero attached hydrogens (tertiary/aromatic N) is 1. The van der Waals surface area contributed by atoms with Crippen molar-refractivity contribution in [3.8, 4) is 0 Å². The monoisotopic (exact) mass is 465 g/mol. The van der Waals surface area contributed by atoms with E-state index in [0.29, 0.717) is 22.7 Å². The zero-order valence-corrected chi connectivity index (χ0v) is 19.5. The average molecular weight is 466 g/mol. The predicted octanol–water partition coefficient (Wildman–Crippen LogP) is 6.19. The van der Waals surface area contributed by atoms with Gasteiger partial charge in [0.1, 0.15) is 0 Å². The molecule has 164 valence electrons. The summed E-state index contributed by atoms with van der Waals surface area (Å²) < 4.78 is 28.9. The van der Waals surface area contributed by atoms with Gasteiger partial charge in [-0.2, -0.15) is 0 Å². The third-order valence-corrected chi connectivity index (χ3v) is 8.01. The topological polar surface area (TPSA) is 54.5 Å². The van der Waals surface area contributed by atoms with Gasteiger partial charge in [0.2, 0.25) is 0 Å². The number of ketones is 1. The molecule has 2 atom stereocenters. The summed E-state index contributed by atoms with van der Waals surface area (Å²) in [4.78, 5) is 13.1. The Bertz CT molecular complexity index is 1270. The molecule has 32 heavy (non-hydrogen) atoms. The van der Waals surface area contributed by atoms with Gasteiger partial charge in [-0.25, -0.2) is 8.42 Å². The minimum atomic E-state index is -3.90. The summed E-state index contributed by atoms with van der Waals surface area (Å²) in [6.45, 7) is 3.90. The van der Waals surface area contributed by atoms with E-state index in [0.717, 1.165) is 11.1 Å². The van der Waals surface area contributed by atoms with Crippen LogP contribution in [0.2, 0.25) is 5.02 Å². The lowest BCUT2D eigenvalue weighted by atomic mass is 9.80. The van der Waals surface area contributed by atoms with Gasteiger partial charge in [-0.05, 0) is 37.1 Å². The summed E-state index contributed by atoms with van der Waals surface area (Å²) >= 11 is 6.48. The van der Waals surface area contributed by atoms with Crippen LogP contribution in [0, 0.1) is 12.8 Å². The second kappa shape index (κ2) is 8.93. The van der Waals surface area contributed by atoms with E-state index in [-0.39, 0.29) is 16.6 Å².